The fraction of sp³-hybridized carbons (Fsp3) is 0.657. The monoisotopic (exact) mass is 616 g/mol. The van der Waals surface area contributed by atoms with Crippen LogP contribution in [0.4, 0.5) is 4.79 Å². The predicted octanol–water partition coefficient (Wildman–Crippen LogP) is 9.13. The predicted molar refractivity (Wildman–Crippen MR) is 181 cm³/mol. The van der Waals surface area contributed by atoms with Crippen molar-refractivity contribution in [1.29, 1.82) is 0 Å². The van der Waals surface area contributed by atoms with Gasteiger partial charge in [-0.15, -0.1) is 0 Å². The molecule has 0 aromatic heterocycles. The lowest BCUT2D eigenvalue weighted by Crippen LogP contribution is -2.34. The van der Waals surface area contributed by atoms with Gasteiger partial charge >= 0.3 is 0 Å². The van der Waals surface area contributed by atoms with Gasteiger partial charge in [0.15, 0.2) is 11.6 Å². The average molecular weight is 617 g/mol. The molecule has 242 valence electrons. The minimum atomic E-state index is -0.148. The Hall–Kier alpha value is -2.61. The van der Waals surface area contributed by atoms with Gasteiger partial charge in [-0.05, 0) is 86.3 Å². The van der Waals surface area contributed by atoms with E-state index in [1.165, 1.54) is 11.8 Å². The van der Waals surface area contributed by atoms with Gasteiger partial charge in [0.1, 0.15) is 12.4 Å². The van der Waals surface area contributed by atoms with E-state index < -0.39 is 0 Å². The molecule has 0 saturated heterocycles. The van der Waals surface area contributed by atoms with Gasteiger partial charge in [-0.1, -0.05) is 71.5 Å². The third-order valence-electron chi connectivity index (χ3n) is 7.26. The molecule has 1 N–H and O–H groups in total. The SMILES string of the molecule is CCCC(=O)c1c(C)cc(C)c(C2CC(=O)C(/C(CC)=N/OCC)=C(O)C2)c1C.CCSC(=O)N(CC(C)C)CC(C)C. The van der Waals surface area contributed by atoms with Crippen molar-refractivity contribution in [2.75, 3.05) is 25.4 Å². The largest absolute Gasteiger partial charge is 0.511 e. The van der Waals surface area contributed by atoms with Crippen LogP contribution >= 0.6 is 11.8 Å². The number of ketones is 2. The maximum Gasteiger partial charge on any atom is 0.281 e. The van der Waals surface area contributed by atoms with Crippen molar-refractivity contribution in [2.24, 2.45) is 17.0 Å². The van der Waals surface area contributed by atoms with Crippen molar-refractivity contribution in [3.05, 3.63) is 45.2 Å². The van der Waals surface area contributed by atoms with Gasteiger partial charge in [0.2, 0.25) is 0 Å². The Morgan fingerprint density at radius 2 is 1.63 bits per heavy atom. The van der Waals surface area contributed by atoms with E-state index in [9.17, 15) is 19.5 Å². The van der Waals surface area contributed by atoms with Gasteiger partial charge in [0, 0.05) is 37.9 Å². The summed E-state index contributed by atoms with van der Waals surface area (Å²) in [6, 6.07) is 2.03. The van der Waals surface area contributed by atoms with Crippen LogP contribution in [0.2, 0.25) is 0 Å². The second-order valence-electron chi connectivity index (χ2n) is 12.1. The van der Waals surface area contributed by atoms with Crippen LogP contribution in [0.3, 0.4) is 0 Å². The van der Waals surface area contributed by atoms with Gasteiger partial charge < -0.3 is 14.8 Å². The lowest BCUT2D eigenvalue weighted by Gasteiger charge is -2.28. The summed E-state index contributed by atoms with van der Waals surface area (Å²) in [6.45, 7) is 24.4. The number of carbonyl (C=O) groups excluding carboxylic acids is 3. The molecular formula is C35H56N2O5S. The number of allylic oxidation sites excluding steroid dienone is 2. The molecule has 1 atom stereocenters. The third-order valence-corrected chi connectivity index (χ3v) is 8.05. The zero-order chi connectivity index (χ0) is 32.9. The number of rotatable bonds is 13. The molecule has 1 aliphatic rings. The van der Waals surface area contributed by atoms with E-state index in [2.05, 4.69) is 32.9 Å². The quantitative estimate of drug-likeness (QED) is 0.135. The van der Waals surface area contributed by atoms with Crippen LogP contribution in [-0.4, -0.2) is 58.0 Å². The van der Waals surface area contributed by atoms with Crippen molar-refractivity contribution in [1.82, 2.24) is 4.90 Å². The van der Waals surface area contributed by atoms with Gasteiger partial charge in [-0.3, -0.25) is 14.4 Å². The number of amides is 1. The fourth-order valence-electron chi connectivity index (χ4n) is 5.79. The Morgan fingerprint density at radius 3 is 2.09 bits per heavy atom. The first-order valence-corrected chi connectivity index (χ1v) is 16.9. The second kappa shape index (κ2) is 18.9. The van der Waals surface area contributed by atoms with Gasteiger partial charge in [-0.2, -0.15) is 0 Å². The Balaban J connectivity index is 0.000000557. The lowest BCUT2D eigenvalue weighted by atomic mass is 9.76. The van der Waals surface area contributed by atoms with E-state index in [0.29, 0.717) is 49.0 Å². The number of aryl methyl sites for hydroxylation is 2. The number of nitrogens with zero attached hydrogens (tertiary/aromatic N) is 2. The minimum Gasteiger partial charge on any atom is -0.511 e. The summed E-state index contributed by atoms with van der Waals surface area (Å²) in [6.07, 6.45) is 2.47. The highest BCUT2D eigenvalue weighted by Crippen LogP contribution is 2.39. The summed E-state index contributed by atoms with van der Waals surface area (Å²) >= 11 is 1.41. The summed E-state index contributed by atoms with van der Waals surface area (Å²) in [5, 5.41) is 15.0. The van der Waals surface area contributed by atoms with Gasteiger partial charge in [0.25, 0.3) is 5.24 Å². The number of Topliss-reactive ketones (excluding diaryl/α,β-unsaturated/α-hetero) is 2. The van der Waals surface area contributed by atoms with E-state index >= 15 is 0 Å². The first kappa shape index (κ1) is 38.4. The number of oxime groups is 1. The molecule has 1 amide bonds. The van der Waals surface area contributed by atoms with Crippen molar-refractivity contribution >= 4 is 34.3 Å². The molecule has 7 nitrogen and oxygen atoms in total. The summed E-state index contributed by atoms with van der Waals surface area (Å²) in [5.74, 6) is 1.90. The molecule has 1 aromatic rings. The number of hydrogen-bond acceptors (Lipinski definition) is 7. The van der Waals surface area contributed by atoms with Crippen LogP contribution in [0.1, 0.15) is 126 Å². The third kappa shape index (κ3) is 11.4. The molecular weight excluding hydrogens is 560 g/mol. The summed E-state index contributed by atoms with van der Waals surface area (Å²) in [7, 11) is 0. The van der Waals surface area contributed by atoms with E-state index in [1.807, 2.05) is 59.4 Å². The summed E-state index contributed by atoms with van der Waals surface area (Å²) in [4.78, 5) is 44.4. The number of aliphatic hydroxyl groups is 1. The van der Waals surface area contributed by atoms with Crippen molar-refractivity contribution in [2.45, 2.75) is 114 Å². The molecule has 8 heteroatoms. The Bertz CT molecular complexity index is 1160. The zero-order valence-electron chi connectivity index (χ0n) is 28.6. The van der Waals surface area contributed by atoms with Crippen LogP contribution in [-0.2, 0) is 9.63 Å². The van der Waals surface area contributed by atoms with Gasteiger partial charge in [0.05, 0.1) is 11.3 Å². The first-order chi connectivity index (χ1) is 20.2. The van der Waals surface area contributed by atoms with Gasteiger partial charge in [-0.25, -0.2) is 0 Å². The standard InChI is InChI=1S/C24H33NO4.C11H23NOS/c1-7-10-19(26)23-15(5)11-14(4)22(16(23)6)17-12-20(27)24(21(28)13-17)18(8-2)25-29-9-3;1-6-14-11(13)12(7-9(2)3)8-10(4)5/h11,17,27H,7-10,12-13H2,1-6H3;9-10H,6-8H2,1-5H3/b25-18+;. The molecule has 1 aliphatic carbocycles. The molecule has 0 bridgehead atoms. The minimum absolute atomic E-state index is 0.0624. The normalized spacial score (nSPS) is 15.5. The van der Waals surface area contributed by atoms with Crippen molar-refractivity contribution in [3.8, 4) is 0 Å². The lowest BCUT2D eigenvalue weighted by molar-refractivity contribution is -0.116. The smallest absolute Gasteiger partial charge is 0.281 e. The van der Waals surface area contributed by atoms with Crippen LogP contribution in [0.25, 0.3) is 0 Å². The molecule has 0 heterocycles. The molecule has 0 fully saturated rings. The molecule has 43 heavy (non-hydrogen) atoms. The summed E-state index contributed by atoms with van der Waals surface area (Å²) < 4.78 is 0. The van der Waals surface area contributed by atoms with E-state index in [-0.39, 0.29) is 34.9 Å². The average Bonchev–Trinajstić information content (AvgIpc) is 2.89. The highest BCUT2D eigenvalue weighted by atomic mass is 32.2. The fourth-order valence-corrected chi connectivity index (χ4v) is 6.36. The molecule has 0 radical (unpaired) electrons. The number of aliphatic hydroxyl groups excluding tert-OH is 1. The maximum atomic E-state index is 12.9. The van der Waals surface area contributed by atoms with E-state index in [0.717, 1.165) is 53.1 Å². The molecule has 0 spiro atoms. The number of thioether (sulfide) groups is 1. The van der Waals surface area contributed by atoms with Crippen LogP contribution in [0.15, 0.2) is 22.6 Å². The first-order valence-electron chi connectivity index (χ1n) is 15.9. The molecule has 1 aromatic carbocycles. The van der Waals surface area contributed by atoms with Crippen LogP contribution in [0.5, 0.6) is 0 Å². The Morgan fingerprint density at radius 1 is 1.02 bits per heavy atom. The highest BCUT2D eigenvalue weighted by Gasteiger charge is 2.33. The molecule has 1 unspecified atom stereocenters. The van der Waals surface area contributed by atoms with Crippen LogP contribution in [0, 0.1) is 32.6 Å². The zero-order valence-corrected chi connectivity index (χ0v) is 29.4. The summed E-state index contributed by atoms with van der Waals surface area (Å²) in [5.41, 5.74) is 5.53. The Labute approximate surface area is 264 Å². The number of benzene rings is 1. The number of carbonyl (C=O) groups is 3. The van der Waals surface area contributed by atoms with E-state index in [4.69, 9.17) is 4.84 Å². The molecule has 2 rings (SSSR count). The molecule has 0 saturated carbocycles. The van der Waals surface area contributed by atoms with Crippen molar-refractivity contribution < 1.29 is 24.3 Å². The maximum absolute atomic E-state index is 12.9. The Kier molecular flexibility index (Phi) is 16.9. The van der Waals surface area contributed by atoms with Crippen LogP contribution < -0.4 is 0 Å². The molecule has 0 aliphatic heterocycles. The highest BCUT2D eigenvalue weighted by molar-refractivity contribution is 8.13. The van der Waals surface area contributed by atoms with E-state index in [1.54, 1.807) is 0 Å². The number of hydrogen-bond donors (Lipinski definition) is 1. The van der Waals surface area contributed by atoms with Crippen molar-refractivity contribution in [3.63, 3.8) is 0 Å². The second-order valence-corrected chi connectivity index (χ2v) is 13.4. The topological polar surface area (TPSA) is 96.3 Å².